The minimum absolute atomic E-state index is 0.0807. The van der Waals surface area contributed by atoms with E-state index in [1.165, 1.54) is 17.8 Å². The van der Waals surface area contributed by atoms with Crippen molar-refractivity contribution >= 4 is 27.3 Å². The molecule has 0 atom stereocenters. The highest BCUT2D eigenvalue weighted by molar-refractivity contribution is 7.20. The van der Waals surface area contributed by atoms with Gasteiger partial charge in [-0.1, -0.05) is 54.9 Å². The maximum Gasteiger partial charge on any atom is 0.236 e. The highest BCUT2D eigenvalue weighted by Gasteiger charge is 2.23. The summed E-state index contributed by atoms with van der Waals surface area (Å²) in [6.45, 7) is 2.04. The van der Waals surface area contributed by atoms with E-state index in [0.29, 0.717) is 15.9 Å². The summed E-state index contributed by atoms with van der Waals surface area (Å²) in [5.74, 6) is 0.901. The van der Waals surface area contributed by atoms with E-state index in [9.17, 15) is 4.79 Å². The topological polar surface area (TPSA) is 72.2 Å². The number of carbonyl (C=O) groups excluding carboxylic acids is 1. The van der Waals surface area contributed by atoms with Gasteiger partial charge in [-0.15, -0.1) is 15.3 Å². The summed E-state index contributed by atoms with van der Waals surface area (Å²) in [4.78, 5) is 13.1. The first-order valence-electron chi connectivity index (χ1n) is 8.31. The van der Waals surface area contributed by atoms with Crippen LogP contribution in [0.1, 0.15) is 37.7 Å². The number of fused-ring (bicyclic) bond motifs is 1. The highest BCUT2D eigenvalue weighted by Crippen LogP contribution is 2.28. The fourth-order valence-corrected chi connectivity index (χ4v) is 3.97. The van der Waals surface area contributed by atoms with Crippen LogP contribution in [-0.4, -0.2) is 25.7 Å². The smallest absolute Gasteiger partial charge is 0.236 e. The molecule has 1 fully saturated rings. The van der Waals surface area contributed by atoms with Gasteiger partial charge in [-0.2, -0.15) is 4.52 Å². The van der Waals surface area contributed by atoms with E-state index >= 15 is 0 Å². The molecular formula is C17H19N5OS. The van der Waals surface area contributed by atoms with Crippen LogP contribution >= 0.6 is 11.3 Å². The van der Waals surface area contributed by atoms with Crippen molar-refractivity contribution in [3.05, 3.63) is 29.8 Å². The number of rotatable bonds is 3. The zero-order valence-corrected chi connectivity index (χ0v) is 14.3. The van der Waals surface area contributed by atoms with Crippen molar-refractivity contribution in [3.63, 3.8) is 0 Å². The number of anilines is 1. The van der Waals surface area contributed by atoms with Crippen LogP contribution in [0.4, 0.5) is 5.13 Å². The van der Waals surface area contributed by atoms with Crippen LogP contribution < -0.4 is 5.32 Å². The summed E-state index contributed by atoms with van der Waals surface area (Å²) in [6, 6.07) is 8.01. The maximum absolute atomic E-state index is 12.4. The lowest BCUT2D eigenvalue weighted by atomic mass is 9.89. The standard InChI is InChI=1S/C17H19N5OS/c1-11-7-5-6-10-13(11)14-19-20-17-22(14)21-16(24-17)18-15(23)12-8-3-2-4-9-12/h5-7,10,12H,2-4,8-9H2,1H3,(H,18,21,23). The number of nitrogens with zero attached hydrogens (tertiary/aromatic N) is 4. The van der Waals surface area contributed by atoms with Gasteiger partial charge < -0.3 is 5.32 Å². The molecule has 0 aliphatic heterocycles. The van der Waals surface area contributed by atoms with Crippen molar-refractivity contribution in [2.24, 2.45) is 5.92 Å². The van der Waals surface area contributed by atoms with Gasteiger partial charge in [-0.3, -0.25) is 4.79 Å². The lowest BCUT2D eigenvalue weighted by Crippen LogP contribution is -2.24. The van der Waals surface area contributed by atoms with Crippen molar-refractivity contribution in [1.29, 1.82) is 0 Å². The number of amides is 1. The summed E-state index contributed by atoms with van der Waals surface area (Å²) >= 11 is 1.36. The SMILES string of the molecule is Cc1ccccc1-c1nnc2sc(NC(=O)C3CCCCC3)nn12. The summed E-state index contributed by atoms with van der Waals surface area (Å²) in [5, 5.41) is 16.5. The van der Waals surface area contributed by atoms with Crippen molar-refractivity contribution in [3.8, 4) is 11.4 Å². The summed E-state index contributed by atoms with van der Waals surface area (Å²) in [6.07, 6.45) is 5.47. The molecule has 1 amide bonds. The Balaban J connectivity index is 1.60. The summed E-state index contributed by atoms with van der Waals surface area (Å²) < 4.78 is 1.71. The number of aromatic nitrogens is 4. The Morgan fingerprint density at radius 1 is 1.21 bits per heavy atom. The average molecular weight is 341 g/mol. The number of nitrogens with one attached hydrogen (secondary N) is 1. The van der Waals surface area contributed by atoms with Crippen LogP contribution in [0.25, 0.3) is 16.3 Å². The third-order valence-electron chi connectivity index (χ3n) is 4.58. The summed E-state index contributed by atoms with van der Waals surface area (Å²) in [7, 11) is 0. The third-order valence-corrected chi connectivity index (χ3v) is 5.40. The first-order valence-corrected chi connectivity index (χ1v) is 9.13. The molecule has 2 aromatic heterocycles. The molecule has 3 aromatic rings. The van der Waals surface area contributed by atoms with Gasteiger partial charge in [0, 0.05) is 11.5 Å². The maximum atomic E-state index is 12.4. The van der Waals surface area contributed by atoms with Crippen LogP contribution in [0.5, 0.6) is 0 Å². The van der Waals surface area contributed by atoms with E-state index in [-0.39, 0.29) is 11.8 Å². The van der Waals surface area contributed by atoms with Crippen LogP contribution in [-0.2, 0) is 4.79 Å². The molecule has 2 heterocycles. The molecule has 0 radical (unpaired) electrons. The van der Waals surface area contributed by atoms with Crippen molar-refractivity contribution in [1.82, 2.24) is 19.8 Å². The predicted octanol–water partition coefficient (Wildman–Crippen LogP) is 3.68. The van der Waals surface area contributed by atoms with Crippen molar-refractivity contribution < 1.29 is 4.79 Å². The Bertz CT molecular complexity index is 878. The molecule has 4 rings (SSSR count). The Labute approximate surface area is 143 Å². The molecule has 0 unspecified atom stereocenters. The molecule has 124 valence electrons. The number of carbonyl (C=O) groups is 1. The Kier molecular flexibility index (Phi) is 4.02. The highest BCUT2D eigenvalue weighted by atomic mass is 32.1. The van der Waals surface area contributed by atoms with Crippen LogP contribution in [0.15, 0.2) is 24.3 Å². The molecule has 6 nitrogen and oxygen atoms in total. The van der Waals surface area contributed by atoms with E-state index in [4.69, 9.17) is 0 Å². The lowest BCUT2D eigenvalue weighted by molar-refractivity contribution is -0.120. The van der Waals surface area contributed by atoms with Gasteiger partial charge >= 0.3 is 0 Å². The van der Waals surface area contributed by atoms with Gasteiger partial charge in [-0.25, -0.2) is 0 Å². The molecule has 0 spiro atoms. The van der Waals surface area contributed by atoms with Gasteiger partial charge in [0.2, 0.25) is 16.0 Å². The molecule has 1 aliphatic carbocycles. The second-order valence-corrected chi connectivity index (χ2v) is 7.22. The normalized spacial score (nSPS) is 15.7. The molecule has 0 bridgehead atoms. The van der Waals surface area contributed by atoms with E-state index in [0.717, 1.165) is 36.8 Å². The van der Waals surface area contributed by atoms with Crippen molar-refractivity contribution in [2.75, 3.05) is 5.32 Å². The predicted molar refractivity (Wildman–Crippen MR) is 94.0 cm³/mol. The molecule has 0 saturated heterocycles. The Morgan fingerprint density at radius 2 is 2.00 bits per heavy atom. The zero-order valence-electron chi connectivity index (χ0n) is 13.5. The van der Waals surface area contributed by atoms with Gasteiger partial charge in [0.25, 0.3) is 0 Å². The van der Waals surface area contributed by atoms with Crippen LogP contribution in [0.3, 0.4) is 0 Å². The summed E-state index contributed by atoms with van der Waals surface area (Å²) in [5.41, 5.74) is 2.12. The van der Waals surface area contributed by atoms with Crippen molar-refractivity contribution in [2.45, 2.75) is 39.0 Å². The minimum atomic E-state index is 0.0807. The molecule has 24 heavy (non-hydrogen) atoms. The fourth-order valence-electron chi connectivity index (χ4n) is 3.23. The second kappa shape index (κ2) is 6.32. The van der Waals surface area contributed by atoms with Crippen LogP contribution in [0.2, 0.25) is 0 Å². The number of hydrogen-bond acceptors (Lipinski definition) is 5. The van der Waals surface area contributed by atoms with Crippen LogP contribution in [0, 0.1) is 12.8 Å². The number of benzene rings is 1. The zero-order chi connectivity index (χ0) is 16.5. The molecule has 1 aliphatic rings. The Hall–Kier alpha value is -2.28. The average Bonchev–Trinajstić information content (AvgIpc) is 3.16. The first-order chi connectivity index (χ1) is 11.7. The molecule has 1 N–H and O–H groups in total. The fraction of sp³-hybridized carbons (Fsp3) is 0.412. The molecule has 1 saturated carbocycles. The van der Waals surface area contributed by atoms with Gasteiger partial charge in [0.15, 0.2) is 5.82 Å². The largest absolute Gasteiger partial charge is 0.300 e. The van der Waals surface area contributed by atoms with Gasteiger partial charge in [0.05, 0.1) is 0 Å². The van der Waals surface area contributed by atoms with Gasteiger partial charge in [0.1, 0.15) is 0 Å². The molecule has 7 heteroatoms. The van der Waals surface area contributed by atoms with Gasteiger partial charge in [-0.05, 0) is 25.3 Å². The number of hydrogen-bond donors (Lipinski definition) is 1. The van der Waals surface area contributed by atoms with E-state index in [1.807, 2.05) is 31.2 Å². The quantitative estimate of drug-likeness (QED) is 0.789. The molecule has 1 aromatic carbocycles. The van der Waals surface area contributed by atoms with E-state index in [2.05, 4.69) is 20.6 Å². The third kappa shape index (κ3) is 2.80. The second-order valence-electron chi connectivity index (χ2n) is 6.26. The molecular weight excluding hydrogens is 322 g/mol. The monoisotopic (exact) mass is 341 g/mol. The number of aryl methyl sites for hydroxylation is 1. The minimum Gasteiger partial charge on any atom is -0.300 e. The lowest BCUT2D eigenvalue weighted by Gasteiger charge is -2.19. The Morgan fingerprint density at radius 3 is 2.79 bits per heavy atom. The van der Waals surface area contributed by atoms with E-state index < -0.39 is 0 Å². The van der Waals surface area contributed by atoms with E-state index in [1.54, 1.807) is 4.52 Å². The first kappa shape index (κ1) is 15.3.